The predicted molar refractivity (Wildman–Crippen MR) is 125 cm³/mol. The summed E-state index contributed by atoms with van der Waals surface area (Å²) in [4.78, 5) is 16.8. The Morgan fingerprint density at radius 2 is 1.94 bits per heavy atom. The monoisotopic (exact) mass is 438 g/mol. The first-order valence-corrected chi connectivity index (χ1v) is 10.9. The smallest absolute Gasteiger partial charge is 0.250 e. The number of nitrogens with one attached hydrogen (secondary N) is 1. The van der Waals surface area contributed by atoms with Gasteiger partial charge in [-0.3, -0.25) is 10.1 Å². The second-order valence-electron chi connectivity index (χ2n) is 6.89. The Bertz CT molecular complexity index is 1040. The van der Waals surface area contributed by atoms with E-state index in [0.717, 1.165) is 22.6 Å². The van der Waals surface area contributed by atoms with Crippen molar-refractivity contribution in [1.82, 2.24) is 4.98 Å². The standard InChI is InChI=1S/C24H26N2O4S/c1-5-29-19-10-8-18(9-11-19)20-15-31-24(25-20)26-23(27)13-7-17-6-12-21(30-16(2)3)22(14-17)28-4/h6-16H,5H2,1-4H3,(H,25,26,27)/b13-7+. The third-order valence-corrected chi connectivity index (χ3v) is 4.93. The van der Waals surface area contributed by atoms with E-state index in [2.05, 4.69) is 10.3 Å². The lowest BCUT2D eigenvalue weighted by Gasteiger charge is -2.13. The van der Waals surface area contributed by atoms with E-state index >= 15 is 0 Å². The molecule has 1 heterocycles. The maximum atomic E-state index is 12.3. The van der Waals surface area contributed by atoms with Gasteiger partial charge in [0.1, 0.15) is 5.75 Å². The van der Waals surface area contributed by atoms with Gasteiger partial charge in [0.2, 0.25) is 5.91 Å². The van der Waals surface area contributed by atoms with Crippen LogP contribution in [0.15, 0.2) is 53.9 Å². The quantitative estimate of drug-likeness (QED) is 0.437. The molecule has 0 saturated carbocycles. The van der Waals surface area contributed by atoms with Gasteiger partial charge in [-0.05, 0) is 68.8 Å². The minimum absolute atomic E-state index is 0.0480. The molecule has 7 heteroatoms. The van der Waals surface area contributed by atoms with Crippen molar-refractivity contribution in [3.63, 3.8) is 0 Å². The van der Waals surface area contributed by atoms with Crippen molar-refractivity contribution in [2.24, 2.45) is 0 Å². The molecule has 162 valence electrons. The van der Waals surface area contributed by atoms with E-state index in [-0.39, 0.29) is 12.0 Å². The van der Waals surface area contributed by atoms with E-state index in [1.807, 2.05) is 68.6 Å². The van der Waals surface area contributed by atoms with Gasteiger partial charge in [-0.2, -0.15) is 0 Å². The van der Waals surface area contributed by atoms with E-state index < -0.39 is 0 Å². The van der Waals surface area contributed by atoms with Gasteiger partial charge in [-0.15, -0.1) is 11.3 Å². The molecule has 0 fully saturated rings. The highest BCUT2D eigenvalue weighted by Crippen LogP contribution is 2.30. The van der Waals surface area contributed by atoms with Crippen molar-refractivity contribution >= 4 is 28.5 Å². The van der Waals surface area contributed by atoms with Crippen molar-refractivity contribution in [1.29, 1.82) is 0 Å². The van der Waals surface area contributed by atoms with Crippen molar-refractivity contribution in [3.05, 3.63) is 59.5 Å². The summed E-state index contributed by atoms with van der Waals surface area (Å²) in [6.45, 7) is 6.49. The molecule has 6 nitrogen and oxygen atoms in total. The first-order chi connectivity index (χ1) is 15.0. The number of rotatable bonds is 9. The molecule has 1 amide bonds. The fraction of sp³-hybridized carbons (Fsp3) is 0.250. The van der Waals surface area contributed by atoms with Crippen molar-refractivity contribution < 1.29 is 19.0 Å². The number of thiazole rings is 1. The van der Waals surface area contributed by atoms with Gasteiger partial charge in [-0.25, -0.2) is 4.98 Å². The molecule has 0 atom stereocenters. The fourth-order valence-electron chi connectivity index (χ4n) is 2.81. The van der Waals surface area contributed by atoms with Gasteiger partial charge in [-0.1, -0.05) is 6.07 Å². The Labute approximate surface area is 186 Å². The zero-order chi connectivity index (χ0) is 22.2. The topological polar surface area (TPSA) is 69.7 Å². The molecule has 0 saturated heterocycles. The number of benzene rings is 2. The molecule has 0 bridgehead atoms. The Balaban J connectivity index is 1.62. The number of aromatic nitrogens is 1. The van der Waals surface area contributed by atoms with Crippen molar-refractivity contribution in [2.45, 2.75) is 26.9 Å². The fourth-order valence-corrected chi connectivity index (χ4v) is 3.53. The van der Waals surface area contributed by atoms with E-state index in [1.54, 1.807) is 13.2 Å². The first kappa shape index (κ1) is 22.4. The van der Waals surface area contributed by atoms with Gasteiger partial charge in [0.05, 0.1) is 25.5 Å². The predicted octanol–water partition coefficient (Wildman–Crippen LogP) is 5.66. The molecule has 3 rings (SSSR count). The van der Waals surface area contributed by atoms with E-state index in [9.17, 15) is 4.79 Å². The van der Waals surface area contributed by atoms with Crippen LogP contribution in [0, 0.1) is 0 Å². The van der Waals surface area contributed by atoms with Crippen molar-refractivity contribution in [2.75, 3.05) is 19.0 Å². The normalized spacial score (nSPS) is 11.0. The van der Waals surface area contributed by atoms with Crippen LogP contribution < -0.4 is 19.5 Å². The van der Waals surface area contributed by atoms with Crippen molar-refractivity contribution in [3.8, 4) is 28.5 Å². The molecule has 0 spiro atoms. The lowest BCUT2D eigenvalue weighted by Crippen LogP contribution is -2.07. The SMILES string of the molecule is CCOc1ccc(-c2csc(NC(=O)/C=C/c3ccc(OC(C)C)c(OC)c3)n2)cc1. The van der Waals surface area contributed by atoms with E-state index in [1.165, 1.54) is 17.4 Å². The molecule has 3 aromatic rings. The average Bonchev–Trinajstić information content (AvgIpc) is 3.21. The number of hydrogen-bond donors (Lipinski definition) is 1. The number of carbonyl (C=O) groups is 1. The van der Waals surface area contributed by atoms with Gasteiger partial charge < -0.3 is 14.2 Å². The van der Waals surface area contributed by atoms with E-state index in [4.69, 9.17) is 14.2 Å². The summed E-state index contributed by atoms with van der Waals surface area (Å²) in [6, 6.07) is 13.2. The Hall–Kier alpha value is -3.32. The summed E-state index contributed by atoms with van der Waals surface area (Å²) in [5.41, 5.74) is 2.60. The highest BCUT2D eigenvalue weighted by molar-refractivity contribution is 7.14. The summed E-state index contributed by atoms with van der Waals surface area (Å²) in [7, 11) is 1.59. The Morgan fingerprint density at radius 3 is 2.61 bits per heavy atom. The lowest BCUT2D eigenvalue weighted by atomic mass is 10.2. The van der Waals surface area contributed by atoms with Crippen LogP contribution in [0.4, 0.5) is 5.13 Å². The van der Waals surface area contributed by atoms with Gasteiger partial charge in [0, 0.05) is 17.0 Å². The zero-order valence-electron chi connectivity index (χ0n) is 18.0. The lowest BCUT2D eigenvalue weighted by molar-refractivity contribution is -0.111. The average molecular weight is 439 g/mol. The molecule has 0 aliphatic rings. The number of methoxy groups -OCH3 is 1. The molecule has 31 heavy (non-hydrogen) atoms. The number of hydrogen-bond acceptors (Lipinski definition) is 6. The second-order valence-corrected chi connectivity index (χ2v) is 7.75. The van der Waals surface area contributed by atoms with Crippen LogP contribution in [0.3, 0.4) is 0 Å². The number of anilines is 1. The minimum atomic E-state index is -0.255. The summed E-state index contributed by atoms with van der Waals surface area (Å²) in [5, 5.41) is 5.25. The Morgan fingerprint density at radius 1 is 1.16 bits per heavy atom. The third kappa shape index (κ3) is 6.33. The maximum absolute atomic E-state index is 12.3. The molecule has 0 aliphatic carbocycles. The summed E-state index contributed by atoms with van der Waals surface area (Å²) in [5.74, 6) is 1.86. The Kier molecular flexibility index (Phi) is 7.67. The van der Waals surface area contributed by atoms with Crippen LogP contribution in [-0.4, -0.2) is 30.7 Å². The van der Waals surface area contributed by atoms with Gasteiger partial charge in [0.25, 0.3) is 0 Å². The summed E-state index contributed by atoms with van der Waals surface area (Å²) in [6.07, 6.45) is 3.24. The maximum Gasteiger partial charge on any atom is 0.250 e. The second kappa shape index (κ2) is 10.6. The molecule has 2 aromatic carbocycles. The largest absolute Gasteiger partial charge is 0.494 e. The molecule has 0 unspecified atom stereocenters. The summed E-state index contributed by atoms with van der Waals surface area (Å²) < 4.78 is 16.5. The van der Waals surface area contributed by atoms with Gasteiger partial charge >= 0.3 is 0 Å². The molecule has 1 aromatic heterocycles. The summed E-state index contributed by atoms with van der Waals surface area (Å²) >= 11 is 1.38. The number of ether oxygens (including phenoxy) is 3. The van der Waals surface area contributed by atoms with Crippen LogP contribution in [0.25, 0.3) is 17.3 Å². The van der Waals surface area contributed by atoms with E-state index in [0.29, 0.717) is 23.2 Å². The highest BCUT2D eigenvalue weighted by atomic mass is 32.1. The third-order valence-electron chi connectivity index (χ3n) is 4.17. The highest BCUT2D eigenvalue weighted by Gasteiger charge is 2.09. The number of nitrogens with zero attached hydrogens (tertiary/aromatic N) is 1. The molecule has 1 N–H and O–H groups in total. The molecular formula is C24H26N2O4S. The van der Waals surface area contributed by atoms with Crippen LogP contribution in [-0.2, 0) is 4.79 Å². The van der Waals surface area contributed by atoms with Crippen LogP contribution in [0.5, 0.6) is 17.2 Å². The number of carbonyl (C=O) groups excluding carboxylic acids is 1. The first-order valence-electron chi connectivity index (χ1n) is 10.0. The molecular weight excluding hydrogens is 412 g/mol. The van der Waals surface area contributed by atoms with Crippen LogP contribution in [0.1, 0.15) is 26.3 Å². The van der Waals surface area contributed by atoms with Crippen LogP contribution in [0.2, 0.25) is 0 Å². The number of amides is 1. The minimum Gasteiger partial charge on any atom is -0.494 e. The zero-order valence-corrected chi connectivity index (χ0v) is 18.9. The van der Waals surface area contributed by atoms with Crippen LogP contribution >= 0.6 is 11.3 Å². The van der Waals surface area contributed by atoms with Gasteiger partial charge in [0.15, 0.2) is 16.6 Å². The molecule has 0 aliphatic heterocycles. The molecule has 0 radical (unpaired) electrons.